The maximum atomic E-state index is 11.2. The Labute approximate surface area is 93.8 Å². The van der Waals surface area contributed by atoms with Crippen molar-refractivity contribution in [3.63, 3.8) is 0 Å². The van der Waals surface area contributed by atoms with Crippen LogP contribution in [-0.4, -0.2) is 54.1 Å². The number of carboxylic acid groups (broad SMARTS) is 1. The van der Waals surface area contributed by atoms with Crippen LogP contribution in [0, 0.1) is 0 Å². The number of urea groups is 1. The van der Waals surface area contributed by atoms with Crippen molar-refractivity contribution in [2.45, 2.75) is 25.6 Å². The Morgan fingerprint density at radius 3 is 2.38 bits per heavy atom. The fraction of sp³-hybridized carbons (Fsp3) is 0.778. The monoisotopic (exact) mass is 234 g/mol. The molecule has 0 aromatic heterocycles. The van der Waals surface area contributed by atoms with Crippen LogP contribution in [0.25, 0.3) is 0 Å². The topological polar surface area (TPSA) is 108 Å². The molecule has 0 spiro atoms. The maximum absolute atomic E-state index is 11.2. The van der Waals surface area contributed by atoms with Crippen molar-refractivity contribution in [3.8, 4) is 0 Å². The maximum Gasteiger partial charge on any atom is 0.334 e. The molecular weight excluding hydrogens is 216 g/mol. The highest BCUT2D eigenvalue weighted by atomic mass is 16.5. The molecule has 0 aromatic rings. The van der Waals surface area contributed by atoms with Crippen LogP contribution in [0.1, 0.15) is 13.8 Å². The second kappa shape index (κ2) is 6.29. The molecule has 0 saturated carbocycles. The average molecular weight is 234 g/mol. The van der Waals surface area contributed by atoms with Crippen LogP contribution in [0.3, 0.4) is 0 Å². The minimum atomic E-state index is -1.60. The predicted octanol–water partition coefficient (Wildman–Crippen LogP) is -0.844. The molecule has 1 unspecified atom stereocenters. The highest BCUT2D eigenvalue weighted by molar-refractivity contribution is 5.76. The number of methoxy groups -OCH3 is 1. The summed E-state index contributed by atoms with van der Waals surface area (Å²) in [7, 11) is 1.52. The molecule has 4 N–H and O–H groups in total. The van der Waals surface area contributed by atoms with Gasteiger partial charge < -0.3 is 25.6 Å². The largest absolute Gasteiger partial charge is 0.479 e. The van der Waals surface area contributed by atoms with Crippen molar-refractivity contribution in [2.75, 3.05) is 20.2 Å². The van der Waals surface area contributed by atoms with Crippen molar-refractivity contribution >= 4 is 12.0 Å². The number of carbonyl (C=O) groups excluding carboxylic acids is 1. The number of rotatable bonds is 6. The number of aliphatic hydroxyl groups excluding tert-OH is 1. The van der Waals surface area contributed by atoms with Crippen LogP contribution >= 0.6 is 0 Å². The van der Waals surface area contributed by atoms with Gasteiger partial charge in [0.1, 0.15) is 0 Å². The summed E-state index contributed by atoms with van der Waals surface area (Å²) >= 11 is 0. The van der Waals surface area contributed by atoms with Crippen molar-refractivity contribution in [1.29, 1.82) is 0 Å². The molecule has 1 atom stereocenters. The summed E-state index contributed by atoms with van der Waals surface area (Å²) in [5.74, 6) is -1.38. The van der Waals surface area contributed by atoms with Gasteiger partial charge in [-0.3, -0.25) is 0 Å². The van der Waals surface area contributed by atoms with Gasteiger partial charge in [0, 0.05) is 13.7 Å². The standard InChI is InChI=1S/C9H18N2O5/c1-9(2,16-3)5-11-8(15)10-4-6(12)7(13)14/h6,12H,4-5H2,1-3H3,(H,13,14)(H2,10,11,15). The van der Waals surface area contributed by atoms with E-state index < -0.39 is 23.7 Å². The number of aliphatic carboxylic acids is 1. The SMILES string of the molecule is COC(C)(C)CNC(=O)NCC(O)C(=O)O. The van der Waals surface area contributed by atoms with Gasteiger partial charge in [-0.1, -0.05) is 0 Å². The number of nitrogens with one attached hydrogen (secondary N) is 2. The van der Waals surface area contributed by atoms with Gasteiger partial charge in [0.15, 0.2) is 6.10 Å². The first-order chi connectivity index (χ1) is 7.28. The number of hydrogen-bond donors (Lipinski definition) is 4. The predicted molar refractivity (Wildman–Crippen MR) is 56.1 cm³/mol. The molecule has 0 aromatic carbocycles. The molecule has 94 valence electrons. The minimum absolute atomic E-state index is 0.276. The Kier molecular flexibility index (Phi) is 5.76. The molecule has 2 amide bonds. The smallest absolute Gasteiger partial charge is 0.334 e. The number of hydrogen-bond acceptors (Lipinski definition) is 4. The fourth-order valence-electron chi connectivity index (χ4n) is 0.704. The summed E-state index contributed by atoms with van der Waals surface area (Å²) in [6.07, 6.45) is -1.60. The number of carboxylic acids is 1. The van der Waals surface area contributed by atoms with E-state index in [1.165, 1.54) is 7.11 Å². The first kappa shape index (κ1) is 14.7. The van der Waals surface area contributed by atoms with Crippen LogP contribution in [0.5, 0.6) is 0 Å². The van der Waals surface area contributed by atoms with Crippen LogP contribution < -0.4 is 10.6 Å². The lowest BCUT2D eigenvalue weighted by Crippen LogP contribution is -2.46. The third-order valence-electron chi connectivity index (χ3n) is 1.97. The highest BCUT2D eigenvalue weighted by Crippen LogP contribution is 2.04. The van der Waals surface area contributed by atoms with E-state index in [-0.39, 0.29) is 13.1 Å². The molecule has 0 saturated heterocycles. The third-order valence-corrected chi connectivity index (χ3v) is 1.97. The molecule has 7 heteroatoms. The molecule has 0 bridgehead atoms. The normalized spacial score (nSPS) is 13.0. The highest BCUT2D eigenvalue weighted by Gasteiger charge is 2.18. The molecule has 16 heavy (non-hydrogen) atoms. The van der Waals surface area contributed by atoms with E-state index in [9.17, 15) is 9.59 Å². The summed E-state index contributed by atoms with van der Waals surface area (Å²) in [6, 6.07) is -0.551. The van der Waals surface area contributed by atoms with E-state index in [4.69, 9.17) is 14.9 Å². The van der Waals surface area contributed by atoms with E-state index in [1.54, 1.807) is 13.8 Å². The van der Waals surface area contributed by atoms with Gasteiger partial charge in [0.25, 0.3) is 0 Å². The van der Waals surface area contributed by atoms with E-state index in [1.807, 2.05) is 0 Å². The number of ether oxygens (including phenoxy) is 1. The lowest BCUT2D eigenvalue weighted by Gasteiger charge is -2.23. The quantitative estimate of drug-likeness (QED) is 0.479. The molecule has 0 heterocycles. The summed E-state index contributed by atoms with van der Waals surface area (Å²) in [4.78, 5) is 21.4. The number of aliphatic hydroxyl groups is 1. The first-order valence-corrected chi connectivity index (χ1v) is 4.76. The van der Waals surface area contributed by atoms with E-state index >= 15 is 0 Å². The van der Waals surface area contributed by atoms with Gasteiger partial charge in [-0.2, -0.15) is 0 Å². The van der Waals surface area contributed by atoms with Crippen LogP contribution in [0.15, 0.2) is 0 Å². The zero-order chi connectivity index (χ0) is 12.8. The summed E-state index contributed by atoms with van der Waals surface area (Å²) < 4.78 is 5.07. The second-order valence-electron chi connectivity index (χ2n) is 3.88. The first-order valence-electron chi connectivity index (χ1n) is 4.76. The van der Waals surface area contributed by atoms with Crippen LogP contribution in [-0.2, 0) is 9.53 Å². The minimum Gasteiger partial charge on any atom is -0.479 e. The molecule has 0 aliphatic heterocycles. The third kappa shape index (κ3) is 6.20. The molecule has 0 fully saturated rings. The lowest BCUT2D eigenvalue weighted by molar-refractivity contribution is -0.146. The zero-order valence-electron chi connectivity index (χ0n) is 9.61. The van der Waals surface area contributed by atoms with Gasteiger partial charge >= 0.3 is 12.0 Å². The summed E-state index contributed by atoms with van der Waals surface area (Å²) in [5.41, 5.74) is -0.497. The Morgan fingerprint density at radius 2 is 1.94 bits per heavy atom. The van der Waals surface area contributed by atoms with E-state index in [0.29, 0.717) is 0 Å². The Bertz CT molecular complexity index is 254. The lowest BCUT2D eigenvalue weighted by atomic mass is 10.1. The van der Waals surface area contributed by atoms with Gasteiger partial charge in [-0.25, -0.2) is 9.59 Å². The summed E-state index contributed by atoms with van der Waals surface area (Å²) in [5, 5.41) is 21.9. The van der Waals surface area contributed by atoms with Gasteiger partial charge in [0.2, 0.25) is 0 Å². The van der Waals surface area contributed by atoms with Crippen molar-refractivity contribution in [2.24, 2.45) is 0 Å². The van der Waals surface area contributed by atoms with Crippen LogP contribution in [0.2, 0.25) is 0 Å². The van der Waals surface area contributed by atoms with Gasteiger partial charge in [0.05, 0.1) is 12.1 Å². The Hall–Kier alpha value is -1.34. The molecular formula is C9H18N2O5. The molecule has 0 aliphatic rings. The molecule has 0 rings (SSSR count). The van der Waals surface area contributed by atoms with Crippen molar-refractivity contribution in [3.05, 3.63) is 0 Å². The Morgan fingerprint density at radius 1 is 1.38 bits per heavy atom. The van der Waals surface area contributed by atoms with Gasteiger partial charge in [-0.15, -0.1) is 0 Å². The molecule has 0 radical (unpaired) electrons. The van der Waals surface area contributed by atoms with Crippen molar-refractivity contribution in [1.82, 2.24) is 10.6 Å². The number of amides is 2. The van der Waals surface area contributed by atoms with E-state index in [0.717, 1.165) is 0 Å². The van der Waals surface area contributed by atoms with Crippen LogP contribution in [0.4, 0.5) is 4.79 Å². The molecule has 0 aliphatic carbocycles. The summed E-state index contributed by atoms with van der Waals surface area (Å²) in [6.45, 7) is 3.52. The average Bonchev–Trinajstić information content (AvgIpc) is 2.23. The number of carbonyl (C=O) groups is 2. The fourth-order valence-corrected chi connectivity index (χ4v) is 0.704. The van der Waals surface area contributed by atoms with Gasteiger partial charge in [-0.05, 0) is 13.8 Å². The van der Waals surface area contributed by atoms with Crippen molar-refractivity contribution < 1.29 is 24.5 Å². The zero-order valence-corrected chi connectivity index (χ0v) is 9.61. The second-order valence-corrected chi connectivity index (χ2v) is 3.88. The Balaban J connectivity index is 3.80. The van der Waals surface area contributed by atoms with E-state index in [2.05, 4.69) is 10.6 Å². The molecule has 7 nitrogen and oxygen atoms in total.